The molecule has 0 fully saturated rings. The molecule has 0 saturated carbocycles. The number of hydrogen-bond acceptors (Lipinski definition) is 4. The smallest absolute Gasteiger partial charge is 0.252 e. The number of fused-ring (bicyclic) bond motifs is 1. The van der Waals surface area contributed by atoms with Crippen molar-refractivity contribution in [2.24, 2.45) is 0 Å². The number of amides is 1. The van der Waals surface area contributed by atoms with Gasteiger partial charge in [-0.25, -0.2) is 0 Å². The zero-order valence-electron chi connectivity index (χ0n) is 16.7. The SMILES string of the molecule is CCSc1ccccc1C(=O)NCCn1nc(-c2ccccn2)c2c1CCCC2. The molecule has 5 nitrogen and oxygen atoms in total. The first-order valence-corrected chi connectivity index (χ1v) is 11.3. The molecular formula is C23H26N4OS. The summed E-state index contributed by atoms with van der Waals surface area (Å²) in [5.41, 5.74) is 5.30. The first kappa shape index (κ1) is 19.7. The molecule has 1 aliphatic carbocycles. The number of thioether (sulfide) groups is 1. The molecule has 0 saturated heterocycles. The molecule has 1 aliphatic rings. The Hall–Kier alpha value is -2.60. The minimum atomic E-state index is -0.0208. The summed E-state index contributed by atoms with van der Waals surface area (Å²) in [7, 11) is 0. The van der Waals surface area contributed by atoms with Gasteiger partial charge in [-0.3, -0.25) is 14.5 Å². The highest BCUT2D eigenvalue weighted by molar-refractivity contribution is 7.99. The van der Waals surface area contributed by atoms with Gasteiger partial charge in [-0.05, 0) is 55.7 Å². The van der Waals surface area contributed by atoms with Gasteiger partial charge in [0.2, 0.25) is 0 Å². The van der Waals surface area contributed by atoms with E-state index in [9.17, 15) is 4.79 Å². The van der Waals surface area contributed by atoms with Gasteiger partial charge in [-0.1, -0.05) is 25.1 Å². The Labute approximate surface area is 175 Å². The molecule has 0 spiro atoms. The van der Waals surface area contributed by atoms with Crippen molar-refractivity contribution in [3.63, 3.8) is 0 Å². The second-order valence-corrected chi connectivity index (χ2v) is 8.41. The molecule has 0 radical (unpaired) electrons. The Morgan fingerprint density at radius 2 is 1.97 bits per heavy atom. The lowest BCUT2D eigenvalue weighted by Crippen LogP contribution is -2.28. The number of nitrogens with one attached hydrogen (secondary N) is 1. The largest absolute Gasteiger partial charge is 0.350 e. The van der Waals surface area contributed by atoms with Crippen molar-refractivity contribution >= 4 is 17.7 Å². The van der Waals surface area contributed by atoms with E-state index < -0.39 is 0 Å². The summed E-state index contributed by atoms with van der Waals surface area (Å²) >= 11 is 1.69. The van der Waals surface area contributed by atoms with E-state index in [0.717, 1.165) is 40.4 Å². The van der Waals surface area contributed by atoms with Crippen LogP contribution in [0.2, 0.25) is 0 Å². The van der Waals surface area contributed by atoms with Crippen LogP contribution >= 0.6 is 11.8 Å². The van der Waals surface area contributed by atoms with E-state index in [4.69, 9.17) is 5.10 Å². The van der Waals surface area contributed by atoms with E-state index in [-0.39, 0.29) is 5.91 Å². The van der Waals surface area contributed by atoms with Crippen LogP contribution in [0.25, 0.3) is 11.4 Å². The number of hydrogen-bond donors (Lipinski definition) is 1. The highest BCUT2D eigenvalue weighted by Gasteiger charge is 2.22. The average molecular weight is 407 g/mol. The fourth-order valence-corrected chi connectivity index (χ4v) is 4.67. The van der Waals surface area contributed by atoms with Gasteiger partial charge in [-0.2, -0.15) is 5.10 Å². The number of carbonyl (C=O) groups is 1. The van der Waals surface area contributed by atoms with Crippen LogP contribution in [0.1, 0.15) is 41.4 Å². The maximum Gasteiger partial charge on any atom is 0.252 e. The summed E-state index contributed by atoms with van der Waals surface area (Å²) in [6.07, 6.45) is 6.29. The van der Waals surface area contributed by atoms with Crippen molar-refractivity contribution in [1.82, 2.24) is 20.1 Å². The molecule has 4 rings (SSSR count). The van der Waals surface area contributed by atoms with Crippen LogP contribution in [0.3, 0.4) is 0 Å². The predicted octanol–water partition coefficient (Wildman–Crippen LogP) is 4.37. The number of carbonyl (C=O) groups excluding carboxylic acids is 1. The molecule has 0 atom stereocenters. The molecule has 1 aromatic carbocycles. The molecule has 3 aromatic rings. The molecule has 0 unspecified atom stereocenters. The minimum absolute atomic E-state index is 0.0208. The zero-order chi connectivity index (χ0) is 20.1. The van der Waals surface area contributed by atoms with Gasteiger partial charge in [0.15, 0.2) is 0 Å². The second kappa shape index (κ2) is 9.27. The van der Waals surface area contributed by atoms with Gasteiger partial charge >= 0.3 is 0 Å². The number of aromatic nitrogens is 3. The molecule has 1 N–H and O–H groups in total. The summed E-state index contributed by atoms with van der Waals surface area (Å²) in [6.45, 7) is 3.32. The summed E-state index contributed by atoms with van der Waals surface area (Å²) in [5, 5.41) is 7.95. The van der Waals surface area contributed by atoms with Crippen molar-refractivity contribution in [3.05, 3.63) is 65.5 Å². The first-order valence-electron chi connectivity index (χ1n) is 10.3. The molecule has 150 valence electrons. The van der Waals surface area contributed by atoms with E-state index in [2.05, 4.69) is 21.9 Å². The van der Waals surface area contributed by atoms with Crippen LogP contribution in [0.4, 0.5) is 0 Å². The van der Waals surface area contributed by atoms with Crippen molar-refractivity contribution in [2.75, 3.05) is 12.3 Å². The maximum absolute atomic E-state index is 12.7. The summed E-state index contributed by atoms with van der Waals surface area (Å²) in [4.78, 5) is 18.2. The third kappa shape index (κ3) is 4.37. The molecule has 29 heavy (non-hydrogen) atoms. The first-order chi connectivity index (χ1) is 14.3. The quantitative estimate of drug-likeness (QED) is 0.592. The normalized spacial score (nSPS) is 13.1. The molecule has 1 amide bonds. The Bertz CT molecular complexity index is 984. The fraction of sp³-hybridized carbons (Fsp3) is 0.348. The predicted molar refractivity (Wildman–Crippen MR) is 117 cm³/mol. The number of rotatable bonds is 7. The van der Waals surface area contributed by atoms with Crippen LogP contribution in [-0.4, -0.2) is 33.0 Å². The lowest BCUT2D eigenvalue weighted by molar-refractivity contribution is 0.0949. The fourth-order valence-electron chi connectivity index (χ4n) is 3.87. The van der Waals surface area contributed by atoms with Gasteiger partial charge in [-0.15, -0.1) is 11.8 Å². The highest BCUT2D eigenvalue weighted by Crippen LogP contribution is 2.30. The van der Waals surface area contributed by atoms with Crippen LogP contribution in [0.15, 0.2) is 53.6 Å². The molecule has 6 heteroatoms. The summed E-state index contributed by atoms with van der Waals surface area (Å²) in [5.74, 6) is 0.924. The van der Waals surface area contributed by atoms with E-state index >= 15 is 0 Å². The van der Waals surface area contributed by atoms with E-state index in [1.807, 2.05) is 48.7 Å². The third-order valence-electron chi connectivity index (χ3n) is 5.21. The molecule has 2 heterocycles. The van der Waals surface area contributed by atoms with Crippen LogP contribution in [0, 0.1) is 0 Å². The molecule has 0 bridgehead atoms. The minimum Gasteiger partial charge on any atom is -0.350 e. The topological polar surface area (TPSA) is 59.8 Å². The zero-order valence-corrected chi connectivity index (χ0v) is 17.5. The van der Waals surface area contributed by atoms with Crippen LogP contribution < -0.4 is 5.32 Å². The van der Waals surface area contributed by atoms with Gasteiger partial charge < -0.3 is 5.32 Å². The lowest BCUT2D eigenvalue weighted by Gasteiger charge is -2.15. The Kier molecular flexibility index (Phi) is 6.30. The van der Waals surface area contributed by atoms with Crippen molar-refractivity contribution in [3.8, 4) is 11.4 Å². The Morgan fingerprint density at radius 3 is 2.79 bits per heavy atom. The lowest BCUT2D eigenvalue weighted by atomic mass is 9.95. The molecule has 2 aromatic heterocycles. The van der Waals surface area contributed by atoms with Crippen molar-refractivity contribution in [2.45, 2.75) is 44.0 Å². The third-order valence-corrected chi connectivity index (χ3v) is 6.16. The Balaban J connectivity index is 1.48. The standard InChI is InChI=1S/C23H26N4OS/c1-2-29-21-13-6-4-10-18(21)23(28)25-15-16-27-20-12-5-3-9-17(20)22(26-27)19-11-7-8-14-24-19/h4,6-8,10-11,13-14H,2-3,5,9,12,15-16H2,1H3,(H,25,28). The number of pyridine rings is 1. The average Bonchev–Trinajstić information content (AvgIpc) is 3.14. The van der Waals surface area contributed by atoms with Gasteiger partial charge in [0, 0.05) is 28.9 Å². The van der Waals surface area contributed by atoms with Crippen molar-refractivity contribution < 1.29 is 4.79 Å². The van der Waals surface area contributed by atoms with E-state index in [1.54, 1.807) is 11.8 Å². The molecular weight excluding hydrogens is 380 g/mol. The second-order valence-electron chi connectivity index (χ2n) is 7.10. The monoisotopic (exact) mass is 406 g/mol. The van der Waals surface area contributed by atoms with Crippen LogP contribution in [0.5, 0.6) is 0 Å². The van der Waals surface area contributed by atoms with Gasteiger partial charge in [0.25, 0.3) is 5.91 Å². The number of benzene rings is 1. The van der Waals surface area contributed by atoms with E-state index in [0.29, 0.717) is 13.1 Å². The molecule has 0 aliphatic heterocycles. The highest BCUT2D eigenvalue weighted by atomic mass is 32.2. The Morgan fingerprint density at radius 1 is 1.14 bits per heavy atom. The summed E-state index contributed by atoms with van der Waals surface area (Å²) < 4.78 is 2.07. The van der Waals surface area contributed by atoms with E-state index in [1.165, 1.54) is 24.1 Å². The van der Waals surface area contributed by atoms with Gasteiger partial charge in [0.1, 0.15) is 5.69 Å². The number of nitrogens with zero attached hydrogens (tertiary/aromatic N) is 3. The van der Waals surface area contributed by atoms with Crippen molar-refractivity contribution in [1.29, 1.82) is 0 Å². The summed E-state index contributed by atoms with van der Waals surface area (Å²) in [6, 6.07) is 13.7. The maximum atomic E-state index is 12.7. The van der Waals surface area contributed by atoms with Crippen LogP contribution in [-0.2, 0) is 19.4 Å². The van der Waals surface area contributed by atoms with Gasteiger partial charge in [0.05, 0.1) is 17.8 Å².